The molecule has 0 spiro atoms. The Morgan fingerprint density at radius 2 is 1.76 bits per heavy atom. The zero-order valence-corrected chi connectivity index (χ0v) is 13.0. The average molecular weight is 305 g/mol. The maximum atomic E-state index is 12.5. The van der Waals surface area contributed by atoms with Gasteiger partial charge in [-0.15, -0.1) is 0 Å². The van der Waals surface area contributed by atoms with Gasteiger partial charge in [0.15, 0.2) is 0 Å². The van der Waals surface area contributed by atoms with Crippen LogP contribution in [0, 0.1) is 0 Å². The van der Waals surface area contributed by atoms with Gasteiger partial charge in [-0.3, -0.25) is 4.79 Å². The Morgan fingerprint density at radius 3 is 2.29 bits per heavy atom. The Morgan fingerprint density at radius 1 is 1.19 bits per heavy atom. The molecule has 1 aromatic rings. The second kappa shape index (κ2) is 6.80. The van der Waals surface area contributed by atoms with Crippen LogP contribution in [-0.2, 0) is 4.79 Å². The first-order valence-electron chi connectivity index (χ1n) is 6.91. The van der Waals surface area contributed by atoms with Gasteiger partial charge in [0, 0.05) is 35.2 Å². The highest BCUT2D eigenvalue weighted by molar-refractivity contribution is 8.00. The molecule has 1 amide bonds. The molecule has 0 aliphatic carbocycles. The molecule has 1 aromatic carbocycles. The van der Waals surface area contributed by atoms with Crippen molar-refractivity contribution in [3.05, 3.63) is 41.5 Å². The van der Waals surface area contributed by atoms with E-state index in [1.165, 1.54) is 6.08 Å². The molecule has 5 heteroatoms. The molecule has 4 nitrogen and oxygen atoms in total. The van der Waals surface area contributed by atoms with Crippen LogP contribution in [0.1, 0.15) is 29.8 Å². The third-order valence-corrected chi connectivity index (χ3v) is 4.51. The number of benzene rings is 1. The standard InChI is InChI=1S/C16H19NO3S/c1-11-9-17(10-12(2)21-11)16(20)14-6-3-13(4-7-14)5-8-15(18)19/h3-8,11-12H,9-10H2,1-2H3,(H,18,19). The lowest BCUT2D eigenvalue weighted by Crippen LogP contribution is -2.44. The summed E-state index contributed by atoms with van der Waals surface area (Å²) >= 11 is 1.91. The lowest BCUT2D eigenvalue weighted by atomic mass is 10.1. The Hall–Kier alpha value is -1.75. The van der Waals surface area contributed by atoms with Gasteiger partial charge in [0.05, 0.1) is 0 Å². The van der Waals surface area contributed by atoms with Crippen LogP contribution >= 0.6 is 11.8 Å². The quantitative estimate of drug-likeness (QED) is 0.872. The summed E-state index contributed by atoms with van der Waals surface area (Å²) in [5.41, 5.74) is 1.42. The van der Waals surface area contributed by atoms with Crippen LogP contribution in [0.2, 0.25) is 0 Å². The fourth-order valence-corrected chi connectivity index (χ4v) is 3.76. The number of carbonyl (C=O) groups is 2. The van der Waals surface area contributed by atoms with E-state index in [2.05, 4.69) is 13.8 Å². The molecule has 1 heterocycles. The van der Waals surface area contributed by atoms with Crippen molar-refractivity contribution < 1.29 is 14.7 Å². The van der Waals surface area contributed by atoms with E-state index in [0.29, 0.717) is 16.1 Å². The van der Waals surface area contributed by atoms with Crippen molar-refractivity contribution in [3.63, 3.8) is 0 Å². The monoisotopic (exact) mass is 305 g/mol. The molecule has 0 saturated carbocycles. The molecule has 0 radical (unpaired) electrons. The van der Waals surface area contributed by atoms with E-state index in [0.717, 1.165) is 24.7 Å². The molecule has 1 aliphatic heterocycles. The predicted octanol–water partition coefficient (Wildman–Crippen LogP) is 2.75. The lowest BCUT2D eigenvalue weighted by molar-refractivity contribution is -0.131. The van der Waals surface area contributed by atoms with Crippen molar-refractivity contribution in [2.45, 2.75) is 24.3 Å². The second-order valence-corrected chi connectivity index (χ2v) is 7.14. The van der Waals surface area contributed by atoms with E-state index in [1.54, 1.807) is 24.3 Å². The van der Waals surface area contributed by atoms with Gasteiger partial charge in [0.2, 0.25) is 0 Å². The minimum atomic E-state index is -0.982. The number of amides is 1. The number of rotatable bonds is 3. The number of hydrogen-bond acceptors (Lipinski definition) is 3. The topological polar surface area (TPSA) is 57.6 Å². The fraction of sp³-hybridized carbons (Fsp3) is 0.375. The maximum Gasteiger partial charge on any atom is 0.328 e. The first kappa shape index (κ1) is 15.6. The Bertz CT molecular complexity index is 543. The van der Waals surface area contributed by atoms with Crippen molar-refractivity contribution in [3.8, 4) is 0 Å². The van der Waals surface area contributed by atoms with E-state index in [-0.39, 0.29) is 5.91 Å². The number of carboxylic acids is 1. The van der Waals surface area contributed by atoms with E-state index < -0.39 is 5.97 Å². The highest BCUT2D eigenvalue weighted by Gasteiger charge is 2.26. The van der Waals surface area contributed by atoms with Gasteiger partial charge in [-0.1, -0.05) is 26.0 Å². The molecule has 112 valence electrons. The number of thioether (sulfide) groups is 1. The summed E-state index contributed by atoms with van der Waals surface area (Å²) in [6.45, 7) is 5.82. The van der Waals surface area contributed by atoms with E-state index >= 15 is 0 Å². The predicted molar refractivity (Wildman–Crippen MR) is 85.5 cm³/mol. The smallest absolute Gasteiger partial charge is 0.328 e. The summed E-state index contributed by atoms with van der Waals surface area (Å²) in [6.07, 6.45) is 2.60. The van der Waals surface area contributed by atoms with Crippen molar-refractivity contribution in [2.75, 3.05) is 13.1 Å². The average Bonchev–Trinajstić information content (AvgIpc) is 2.44. The molecule has 0 aromatic heterocycles. The lowest BCUT2D eigenvalue weighted by Gasteiger charge is -2.34. The molecule has 0 bridgehead atoms. The van der Waals surface area contributed by atoms with Gasteiger partial charge in [-0.2, -0.15) is 11.8 Å². The molecule has 21 heavy (non-hydrogen) atoms. The molecule has 2 atom stereocenters. The third kappa shape index (κ3) is 4.36. The molecular formula is C16H19NO3S. The van der Waals surface area contributed by atoms with E-state index in [9.17, 15) is 9.59 Å². The first-order valence-corrected chi connectivity index (χ1v) is 7.86. The van der Waals surface area contributed by atoms with Crippen molar-refractivity contribution >= 4 is 29.7 Å². The minimum absolute atomic E-state index is 0.0442. The molecule has 1 N–H and O–H groups in total. The summed E-state index contributed by atoms with van der Waals surface area (Å²) in [5, 5.41) is 9.50. The van der Waals surface area contributed by atoms with Crippen molar-refractivity contribution in [2.24, 2.45) is 0 Å². The summed E-state index contributed by atoms with van der Waals surface area (Å²) in [4.78, 5) is 24.8. The zero-order valence-electron chi connectivity index (χ0n) is 12.2. The zero-order chi connectivity index (χ0) is 15.4. The van der Waals surface area contributed by atoms with Crippen molar-refractivity contribution in [1.29, 1.82) is 0 Å². The SMILES string of the molecule is CC1CN(C(=O)c2ccc(C=CC(=O)O)cc2)CC(C)S1. The fourth-order valence-electron chi connectivity index (χ4n) is 2.43. The van der Waals surface area contributed by atoms with Crippen LogP contribution in [0.15, 0.2) is 30.3 Å². The second-order valence-electron chi connectivity index (χ2n) is 5.26. The van der Waals surface area contributed by atoms with Gasteiger partial charge in [0.25, 0.3) is 5.91 Å². The number of carbonyl (C=O) groups excluding carboxylic acids is 1. The van der Waals surface area contributed by atoms with E-state index in [4.69, 9.17) is 5.11 Å². The molecule has 2 unspecified atom stereocenters. The summed E-state index contributed by atoms with van der Waals surface area (Å²) in [7, 11) is 0. The van der Waals surface area contributed by atoms with Gasteiger partial charge in [0.1, 0.15) is 0 Å². The van der Waals surface area contributed by atoms with Gasteiger partial charge < -0.3 is 10.0 Å². The van der Waals surface area contributed by atoms with Crippen LogP contribution in [0.4, 0.5) is 0 Å². The Balaban J connectivity index is 2.07. The summed E-state index contributed by atoms with van der Waals surface area (Å²) in [6, 6.07) is 7.03. The highest BCUT2D eigenvalue weighted by atomic mass is 32.2. The number of nitrogens with zero attached hydrogens (tertiary/aromatic N) is 1. The third-order valence-electron chi connectivity index (χ3n) is 3.28. The summed E-state index contributed by atoms with van der Waals surface area (Å²) < 4.78 is 0. The largest absolute Gasteiger partial charge is 0.478 e. The van der Waals surface area contributed by atoms with Crippen LogP contribution in [0.3, 0.4) is 0 Å². The van der Waals surface area contributed by atoms with Gasteiger partial charge >= 0.3 is 5.97 Å². The molecule has 1 aliphatic rings. The maximum absolute atomic E-state index is 12.5. The van der Waals surface area contributed by atoms with Crippen LogP contribution < -0.4 is 0 Å². The van der Waals surface area contributed by atoms with Crippen molar-refractivity contribution in [1.82, 2.24) is 4.90 Å². The highest BCUT2D eigenvalue weighted by Crippen LogP contribution is 2.25. The number of aliphatic carboxylic acids is 1. The Labute approximate surface area is 128 Å². The summed E-state index contributed by atoms with van der Waals surface area (Å²) in [5.74, 6) is -0.938. The molecule has 1 saturated heterocycles. The van der Waals surface area contributed by atoms with Gasteiger partial charge in [-0.25, -0.2) is 4.79 Å². The number of carboxylic acid groups (broad SMARTS) is 1. The number of hydrogen-bond donors (Lipinski definition) is 1. The van der Waals surface area contributed by atoms with Crippen LogP contribution in [0.5, 0.6) is 0 Å². The van der Waals surface area contributed by atoms with Crippen LogP contribution in [0.25, 0.3) is 6.08 Å². The molecular weight excluding hydrogens is 286 g/mol. The van der Waals surface area contributed by atoms with E-state index in [1.807, 2.05) is 16.7 Å². The van der Waals surface area contributed by atoms with Crippen LogP contribution in [-0.4, -0.2) is 45.5 Å². The van der Waals surface area contributed by atoms with Gasteiger partial charge in [-0.05, 0) is 23.8 Å². The first-order chi connectivity index (χ1) is 9.95. The Kier molecular flexibility index (Phi) is 5.07. The molecule has 2 rings (SSSR count). The molecule has 1 fully saturated rings. The minimum Gasteiger partial charge on any atom is -0.478 e. The normalized spacial score (nSPS) is 22.5.